The first kappa shape index (κ1) is 42.0. The van der Waals surface area contributed by atoms with E-state index >= 15 is 0 Å². The predicted molar refractivity (Wildman–Crippen MR) is 223 cm³/mol. The molecule has 2 aliphatic heterocycles. The van der Waals surface area contributed by atoms with Crippen LogP contribution in [-0.2, 0) is 19.2 Å². The van der Waals surface area contributed by atoms with Crippen molar-refractivity contribution < 1.29 is 39.6 Å². The van der Waals surface area contributed by atoms with Gasteiger partial charge in [0.25, 0.3) is 0 Å². The molecule has 296 valence electrons. The molecule has 4 N–H and O–H groups in total. The second-order valence-electron chi connectivity index (χ2n) is 13.6. The number of aliphatic carboxylic acids is 2. The van der Waals surface area contributed by atoms with E-state index in [1.807, 2.05) is 0 Å². The third-order valence-corrected chi connectivity index (χ3v) is 13.2. The Morgan fingerprint density at radius 2 is 0.912 bits per heavy atom. The zero-order valence-corrected chi connectivity index (χ0v) is 34.0. The van der Waals surface area contributed by atoms with Gasteiger partial charge in [0.05, 0.1) is 31.9 Å². The number of phenolic OH excluding ortho intramolecular Hbond substituents is 2. The lowest BCUT2D eigenvalue weighted by Crippen LogP contribution is -2.39. The van der Waals surface area contributed by atoms with E-state index in [1.54, 1.807) is 58.3 Å². The lowest BCUT2D eigenvalue weighted by molar-refractivity contribution is -0.145. The molecule has 0 bridgehead atoms. The summed E-state index contributed by atoms with van der Waals surface area (Å²) in [5.41, 5.74) is 2.43. The number of carbonyl (C=O) groups is 4. The van der Waals surface area contributed by atoms with Crippen LogP contribution in [-0.4, -0.2) is 80.2 Å². The molecule has 0 spiro atoms. The number of piperidine rings is 2. The molecule has 2 saturated heterocycles. The number of halogens is 4. The number of hydrogen-bond acceptors (Lipinski definition) is 7. The fourth-order valence-corrected chi connectivity index (χ4v) is 9.05. The van der Waals surface area contributed by atoms with E-state index in [1.165, 1.54) is 36.4 Å². The number of nitrogens with zero attached hydrogens (tertiary/aromatic N) is 2. The van der Waals surface area contributed by atoms with Crippen LogP contribution in [0.15, 0.2) is 82.6 Å². The molecule has 0 aliphatic carbocycles. The van der Waals surface area contributed by atoms with E-state index in [-0.39, 0.29) is 43.4 Å². The number of carbonyl (C=O) groups excluding carboxylic acids is 2. The Balaban J connectivity index is 1.37. The maximum atomic E-state index is 13.2. The van der Waals surface area contributed by atoms with Crippen molar-refractivity contribution in [1.29, 1.82) is 0 Å². The van der Waals surface area contributed by atoms with Crippen LogP contribution in [0.4, 0.5) is 0 Å². The standard InChI is InChI=1S/C42H36Cl4N2O8S/c43-37-27(9-11-35(51)47-17-13-23(14-18-47)41(53)54)29(25-5-1-3-7-31(25)49)21-33(39(37)45)57-34-22-30(26-6-2-4-8-32(26)50)28(38(44)40(34)46)10-12-36(52)48-19-15-24(16-20-48)42(55)56/h1-12,21-24,49-50H,13-20H2,(H,53,54)(H,55,56)/b11-9+,12-10+. The summed E-state index contributed by atoms with van der Waals surface area (Å²) in [4.78, 5) is 53.2. The van der Waals surface area contributed by atoms with Crippen LogP contribution in [0.2, 0.25) is 20.1 Å². The fourth-order valence-electron chi connectivity index (χ4n) is 6.89. The van der Waals surface area contributed by atoms with E-state index in [9.17, 15) is 39.6 Å². The number of likely N-dealkylation sites (tertiary alicyclic amines) is 2. The van der Waals surface area contributed by atoms with E-state index in [2.05, 4.69) is 0 Å². The summed E-state index contributed by atoms with van der Waals surface area (Å²) >= 11 is 28.9. The quantitative estimate of drug-likeness (QED) is 0.114. The number of carboxylic acids is 2. The van der Waals surface area contributed by atoms with Crippen LogP contribution in [0.25, 0.3) is 34.4 Å². The third-order valence-electron chi connectivity index (χ3n) is 10.1. The van der Waals surface area contributed by atoms with Gasteiger partial charge in [0.2, 0.25) is 11.8 Å². The first-order valence-electron chi connectivity index (χ1n) is 17.9. The van der Waals surface area contributed by atoms with E-state index in [4.69, 9.17) is 46.4 Å². The van der Waals surface area contributed by atoms with Crippen molar-refractivity contribution in [2.45, 2.75) is 35.5 Å². The van der Waals surface area contributed by atoms with E-state index < -0.39 is 23.8 Å². The van der Waals surface area contributed by atoms with Crippen molar-refractivity contribution in [3.05, 3.63) is 104 Å². The first-order valence-corrected chi connectivity index (χ1v) is 20.3. The number of phenols is 2. The Labute approximate surface area is 352 Å². The van der Waals surface area contributed by atoms with Gasteiger partial charge in [-0.1, -0.05) is 94.6 Å². The van der Waals surface area contributed by atoms with Crippen LogP contribution in [0, 0.1) is 11.8 Å². The lowest BCUT2D eigenvalue weighted by atomic mass is 9.96. The van der Waals surface area contributed by atoms with Crippen LogP contribution in [0.5, 0.6) is 11.5 Å². The zero-order chi connectivity index (χ0) is 41.0. The number of rotatable bonds is 10. The molecular formula is C42H36Cl4N2O8S. The highest BCUT2D eigenvalue weighted by atomic mass is 35.5. The van der Waals surface area contributed by atoms with Crippen LogP contribution < -0.4 is 0 Å². The summed E-state index contributed by atoms with van der Waals surface area (Å²) in [5.74, 6) is -3.52. The van der Waals surface area contributed by atoms with Crippen LogP contribution in [0.3, 0.4) is 0 Å². The molecule has 4 aromatic carbocycles. The zero-order valence-electron chi connectivity index (χ0n) is 30.1. The minimum Gasteiger partial charge on any atom is -0.507 e. The SMILES string of the molecule is O=C(O)C1CCN(C(=O)/C=C/c2c(-c3ccccc3O)cc(Sc3cc(-c4ccccc4O)c(/C=C/C(=O)N4CCC(C(=O)O)CC4)c(Cl)c3Cl)c(Cl)c2Cl)CC1. The highest BCUT2D eigenvalue weighted by Crippen LogP contribution is 2.50. The van der Waals surface area contributed by atoms with E-state index in [0.717, 1.165) is 11.8 Å². The third kappa shape index (κ3) is 9.40. The second kappa shape index (κ2) is 18.3. The van der Waals surface area contributed by atoms with Gasteiger partial charge in [-0.2, -0.15) is 0 Å². The summed E-state index contributed by atoms with van der Waals surface area (Å²) in [5, 5.41) is 41.0. The van der Waals surface area contributed by atoms with Gasteiger partial charge in [-0.15, -0.1) is 0 Å². The van der Waals surface area contributed by atoms with Gasteiger partial charge < -0.3 is 30.2 Å². The summed E-state index contributed by atoms with van der Waals surface area (Å²) < 4.78 is 0. The molecular weight excluding hydrogens is 834 g/mol. The molecule has 0 aromatic heterocycles. The molecule has 15 heteroatoms. The van der Waals surface area contributed by atoms with Crippen molar-refractivity contribution >= 4 is 94.1 Å². The average Bonchev–Trinajstić information content (AvgIpc) is 3.20. The fraction of sp³-hybridized carbons (Fsp3) is 0.238. The van der Waals surface area contributed by atoms with Gasteiger partial charge >= 0.3 is 11.9 Å². The molecule has 0 saturated carbocycles. The Hall–Kier alpha value is -4.65. The molecule has 2 heterocycles. The molecule has 0 unspecified atom stereocenters. The minimum absolute atomic E-state index is 0.0524. The number of benzene rings is 4. The number of para-hydroxylation sites is 2. The Bertz CT molecular complexity index is 2140. The Kier molecular flexibility index (Phi) is 13.5. The predicted octanol–water partition coefficient (Wildman–Crippen LogP) is 9.87. The van der Waals surface area contributed by atoms with Crippen molar-refractivity contribution in [2.24, 2.45) is 11.8 Å². The number of amides is 2. The molecule has 0 radical (unpaired) electrons. The van der Waals surface area contributed by atoms with Gasteiger partial charge in [0.1, 0.15) is 11.5 Å². The molecule has 2 fully saturated rings. The first-order chi connectivity index (χ1) is 27.2. The minimum atomic E-state index is -0.880. The summed E-state index contributed by atoms with van der Waals surface area (Å²) in [6, 6.07) is 16.6. The topological polar surface area (TPSA) is 156 Å². The number of hydrogen-bond donors (Lipinski definition) is 4. The Morgan fingerprint density at radius 3 is 1.25 bits per heavy atom. The number of carboxylic acid groups (broad SMARTS) is 2. The van der Waals surface area contributed by atoms with Crippen molar-refractivity contribution in [3.63, 3.8) is 0 Å². The van der Waals surface area contributed by atoms with Crippen LogP contribution in [0.1, 0.15) is 36.8 Å². The normalized spacial score (nSPS) is 15.4. The maximum Gasteiger partial charge on any atom is 0.306 e. The molecule has 4 aromatic rings. The van der Waals surface area contributed by atoms with Gasteiger partial charge in [-0.25, -0.2) is 0 Å². The smallest absolute Gasteiger partial charge is 0.306 e. The average molecular weight is 871 g/mol. The second-order valence-corrected chi connectivity index (χ2v) is 16.2. The molecule has 6 rings (SSSR count). The van der Waals surface area contributed by atoms with Crippen molar-refractivity contribution in [3.8, 4) is 33.8 Å². The molecule has 0 atom stereocenters. The largest absolute Gasteiger partial charge is 0.507 e. The van der Waals surface area contributed by atoms with E-state index in [0.29, 0.717) is 95.0 Å². The van der Waals surface area contributed by atoms with Crippen molar-refractivity contribution in [1.82, 2.24) is 9.80 Å². The molecule has 57 heavy (non-hydrogen) atoms. The highest BCUT2D eigenvalue weighted by molar-refractivity contribution is 7.99. The summed E-state index contributed by atoms with van der Waals surface area (Å²) in [6.07, 6.45) is 7.12. The molecule has 2 amide bonds. The summed E-state index contributed by atoms with van der Waals surface area (Å²) in [7, 11) is 0. The summed E-state index contributed by atoms with van der Waals surface area (Å²) in [6.45, 7) is 1.17. The van der Waals surface area contributed by atoms with Crippen molar-refractivity contribution in [2.75, 3.05) is 26.2 Å². The highest BCUT2D eigenvalue weighted by Gasteiger charge is 2.28. The molecule has 10 nitrogen and oxygen atoms in total. The molecule has 2 aliphatic rings. The van der Waals surface area contributed by atoms with Crippen LogP contribution >= 0.6 is 58.2 Å². The number of aromatic hydroxyl groups is 2. The van der Waals surface area contributed by atoms with Gasteiger partial charge in [-0.05, 0) is 73.2 Å². The van der Waals surface area contributed by atoms with Gasteiger partial charge in [-0.3, -0.25) is 19.2 Å². The maximum absolute atomic E-state index is 13.2. The monoisotopic (exact) mass is 868 g/mol. The van der Waals surface area contributed by atoms with Gasteiger partial charge in [0, 0.05) is 70.4 Å². The lowest BCUT2D eigenvalue weighted by Gasteiger charge is -2.29. The van der Waals surface area contributed by atoms with Gasteiger partial charge in [0.15, 0.2) is 0 Å². The Morgan fingerprint density at radius 1 is 0.561 bits per heavy atom.